The summed E-state index contributed by atoms with van der Waals surface area (Å²) in [6.07, 6.45) is 0. The molecule has 5 heteroatoms. The first kappa shape index (κ1) is 17.7. The topological polar surface area (TPSA) is 59.6 Å². The van der Waals surface area contributed by atoms with E-state index in [0.29, 0.717) is 18.0 Å². The summed E-state index contributed by atoms with van der Waals surface area (Å²) in [5, 5.41) is 5.83. The van der Waals surface area contributed by atoms with E-state index in [2.05, 4.69) is 10.6 Å². The second kappa shape index (κ2) is 7.73. The molecule has 5 nitrogen and oxygen atoms in total. The van der Waals surface area contributed by atoms with Gasteiger partial charge in [-0.05, 0) is 50.6 Å². The molecule has 0 atom stereocenters. The molecule has 0 heterocycles. The van der Waals surface area contributed by atoms with Crippen LogP contribution in [0.3, 0.4) is 0 Å². The summed E-state index contributed by atoms with van der Waals surface area (Å²) < 4.78 is 10.7. The molecule has 2 rings (SSSR count). The van der Waals surface area contributed by atoms with Crippen LogP contribution in [0.2, 0.25) is 0 Å². The Labute approximate surface area is 143 Å². The Kier molecular flexibility index (Phi) is 5.68. The zero-order valence-corrected chi connectivity index (χ0v) is 14.6. The molecule has 2 aromatic carbocycles. The van der Waals surface area contributed by atoms with Crippen LogP contribution in [0.4, 0.5) is 10.5 Å². The molecule has 0 bridgehead atoms. The van der Waals surface area contributed by atoms with Gasteiger partial charge in [-0.2, -0.15) is 0 Å². The molecule has 0 aliphatic rings. The van der Waals surface area contributed by atoms with Gasteiger partial charge in [-0.3, -0.25) is 0 Å². The molecule has 0 aliphatic carbocycles. The van der Waals surface area contributed by atoms with Gasteiger partial charge in [0.05, 0.1) is 24.9 Å². The van der Waals surface area contributed by atoms with Crippen molar-refractivity contribution < 1.29 is 14.3 Å². The Hall–Kier alpha value is -2.69. The lowest BCUT2D eigenvalue weighted by Crippen LogP contribution is -2.43. The number of amides is 2. The van der Waals surface area contributed by atoms with Crippen LogP contribution in [0.5, 0.6) is 11.5 Å². The second-order valence-electron chi connectivity index (χ2n) is 5.86. The minimum Gasteiger partial charge on any atom is -0.497 e. The molecule has 0 spiro atoms. The van der Waals surface area contributed by atoms with Gasteiger partial charge < -0.3 is 20.1 Å². The van der Waals surface area contributed by atoms with Crippen molar-refractivity contribution in [1.82, 2.24) is 5.32 Å². The third-order valence-electron chi connectivity index (χ3n) is 3.67. The number of benzene rings is 2. The van der Waals surface area contributed by atoms with Gasteiger partial charge in [-0.15, -0.1) is 0 Å². The molecular weight excluding hydrogens is 304 g/mol. The highest BCUT2D eigenvalue weighted by molar-refractivity contribution is 5.91. The number of hydrogen-bond donors (Lipinski definition) is 2. The van der Waals surface area contributed by atoms with Crippen molar-refractivity contribution in [3.63, 3.8) is 0 Å². The number of methoxy groups -OCH3 is 1. The molecule has 0 fully saturated rings. The van der Waals surface area contributed by atoms with Gasteiger partial charge in [0.1, 0.15) is 11.5 Å². The fourth-order valence-electron chi connectivity index (χ4n) is 2.37. The Morgan fingerprint density at radius 2 is 1.75 bits per heavy atom. The predicted octanol–water partition coefficient (Wildman–Crippen LogP) is 4.15. The summed E-state index contributed by atoms with van der Waals surface area (Å²) in [4.78, 5) is 12.4. The normalized spacial score (nSPS) is 10.8. The van der Waals surface area contributed by atoms with Gasteiger partial charge in [0, 0.05) is 0 Å². The maximum atomic E-state index is 12.4. The van der Waals surface area contributed by atoms with E-state index in [-0.39, 0.29) is 6.03 Å². The van der Waals surface area contributed by atoms with E-state index in [9.17, 15) is 4.79 Å². The fourth-order valence-corrected chi connectivity index (χ4v) is 2.37. The molecule has 0 saturated carbocycles. The molecule has 0 unspecified atom stereocenters. The number of hydrogen-bond acceptors (Lipinski definition) is 3. The molecule has 2 N–H and O–H groups in total. The lowest BCUT2D eigenvalue weighted by molar-refractivity contribution is 0.241. The smallest absolute Gasteiger partial charge is 0.320 e. The monoisotopic (exact) mass is 328 g/mol. The average molecular weight is 328 g/mol. The van der Waals surface area contributed by atoms with E-state index >= 15 is 0 Å². The highest BCUT2D eigenvalue weighted by atomic mass is 16.5. The number of anilines is 1. The second-order valence-corrected chi connectivity index (χ2v) is 5.86. The molecule has 128 valence electrons. The van der Waals surface area contributed by atoms with Crippen LogP contribution in [-0.2, 0) is 5.54 Å². The van der Waals surface area contributed by atoms with Gasteiger partial charge >= 0.3 is 6.03 Å². The zero-order chi connectivity index (χ0) is 17.6. The van der Waals surface area contributed by atoms with E-state index in [4.69, 9.17) is 9.47 Å². The van der Waals surface area contributed by atoms with Crippen molar-refractivity contribution in [2.75, 3.05) is 19.0 Å². The lowest BCUT2D eigenvalue weighted by atomic mass is 9.94. The summed E-state index contributed by atoms with van der Waals surface area (Å²) >= 11 is 0. The Balaban J connectivity index is 2.07. The van der Waals surface area contributed by atoms with E-state index in [0.717, 1.165) is 11.3 Å². The van der Waals surface area contributed by atoms with Crippen LogP contribution in [0.15, 0.2) is 48.5 Å². The van der Waals surface area contributed by atoms with Gasteiger partial charge in [0.25, 0.3) is 0 Å². The maximum Gasteiger partial charge on any atom is 0.320 e. The van der Waals surface area contributed by atoms with E-state index in [1.54, 1.807) is 7.11 Å². The first-order valence-electron chi connectivity index (χ1n) is 7.92. The maximum absolute atomic E-state index is 12.4. The van der Waals surface area contributed by atoms with E-state index < -0.39 is 5.54 Å². The number of carbonyl (C=O) groups is 1. The van der Waals surface area contributed by atoms with Crippen LogP contribution in [0.1, 0.15) is 26.3 Å². The Morgan fingerprint density at radius 1 is 1.08 bits per heavy atom. The summed E-state index contributed by atoms with van der Waals surface area (Å²) in [5.41, 5.74) is 1.09. The molecule has 0 aromatic heterocycles. The fraction of sp³-hybridized carbons (Fsp3) is 0.316. The first-order chi connectivity index (χ1) is 11.5. The van der Waals surface area contributed by atoms with Crippen molar-refractivity contribution in [2.45, 2.75) is 26.3 Å². The first-order valence-corrected chi connectivity index (χ1v) is 7.92. The number of carbonyl (C=O) groups excluding carboxylic acids is 1. The zero-order valence-electron chi connectivity index (χ0n) is 14.6. The molecule has 0 radical (unpaired) electrons. The number of urea groups is 1. The van der Waals surface area contributed by atoms with E-state index in [1.165, 1.54) is 0 Å². The predicted molar refractivity (Wildman–Crippen MR) is 95.8 cm³/mol. The summed E-state index contributed by atoms with van der Waals surface area (Å²) in [7, 11) is 1.63. The lowest BCUT2D eigenvalue weighted by Gasteiger charge is -2.27. The Morgan fingerprint density at radius 3 is 2.38 bits per heavy atom. The molecule has 0 aliphatic heterocycles. The molecule has 2 aromatic rings. The van der Waals surface area contributed by atoms with E-state index in [1.807, 2.05) is 69.3 Å². The molecular formula is C19H24N2O3. The average Bonchev–Trinajstić information content (AvgIpc) is 2.56. The molecule has 24 heavy (non-hydrogen) atoms. The molecule has 2 amide bonds. The van der Waals surface area contributed by atoms with Crippen LogP contribution in [0, 0.1) is 0 Å². The van der Waals surface area contributed by atoms with Gasteiger partial charge in [-0.25, -0.2) is 4.79 Å². The van der Waals surface area contributed by atoms with Gasteiger partial charge in [0.15, 0.2) is 0 Å². The van der Waals surface area contributed by atoms with Crippen LogP contribution < -0.4 is 20.1 Å². The number of rotatable bonds is 6. The van der Waals surface area contributed by atoms with Crippen molar-refractivity contribution in [3.8, 4) is 11.5 Å². The largest absolute Gasteiger partial charge is 0.497 e. The minimum atomic E-state index is -0.531. The van der Waals surface area contributed by atoms with Crippen molar-refractivity contribution in [2.24, 2.45) is 0 Å². The third-order valence-corrected chi connectivity index (χ3v) is 3.67. The minimum absolute atomic E-state index is 0.289. The van der Waals surface area contributed by atoms with Crippen LogP contribution >= 0.6 is 0 Å². The third kappa shape index (κ3) is 4.41. The summed E-state index contributed by atoms with van der Waals surface area (Å²) in [6.45, 7) is 6.34. The molecule has 0 saturated heterocycles. The number of nitrogens with one attached hydrogen (secondary N) is 2. The Bertz CT molecular complexity index is 681. The van der Waals surface area contributed by atoms with Crippen molar-refractivity contribution in [1.29, 1.82) is 0 Å². The summed E-state index contributed by atoms with van der Waals surface area (Å²) in [6, 6.07) is 14.7. The number of ether oxygens (including phenoxy) is 2. The van der Waals surface area contributed by atoms with Crippen molar-refractivity contribution >= 4 is 11.7 Å². The van der Waals surface area contributed by atoms with Crippen LogP contribution in [0.25, 0.3) is 0 Å². The SMILES string of the molecule is CCOc1ccccc1NC(=O)NC(C)(C)c1ccc(OC)cc1. The van der Waals surface area contributed by atoms with Crippen LogP contribution in [-0.4, -0.2) is 19.7 Å². The van der Waals surface area contributed by atoms with Gasteiger partial charge in [-0.1, -0.05) is 24.3 Å². The quantitative estimate of drug-likeness (QED) is 0.837. The highest BCUT2D eigenvalue weighted by Gasteiger charge is 2.23. The standard InChI is InChI=1S/C19H24N2O3/c1-5-24-17-9-7-6-8-16(17)20-18(22)21-19(2,3)14-10-12-15(23-4)13-11-14/h6-13H,5H2,1-4H3,(H2,20,21,22). The van der Waals surface area contributed by atoms with Crippen molar-refractivity contribution in [3.05, 3.63) is 54.1 Å². The number of para-hydroxylation sites is 2. The summed E-state index contributed by atoms with van der Waals surface area (Å²) in [5.74, 6) is 1.43. The van der Waals surface area contributed by atoms with Gasteiger partial charge in [0.2, 0.25) is 0 Å². The highest BCUT2D eigenvalue weighted by Crippen LogP contribution is 2.25.